The number of likely N-dealkylation sites (N-methyl/N-ethyl adjacent to an activating group) is 1. The van der Waals surface area contributed by atoms with Crippen molar-refractivity contribution in [1.82, 2.24) is 15.1 Å². The summed E-state index contributed by atoms with van der Waals surface area (Å²) >= 11 is 0. The molecule has 0 spiro atoms. The number of hydrogen-bond acceptors (Lipinski definition) is 3. The number of carbonyl (C=O) groups is 2. The molecule has 1 saturated heterocycles. The van der Waals surface area contributed by atoms with Crippen molar-refractivity contribution in [3.05, 3.63) is 0 Å². The fraction of sp³-hybridized carbons (Fsp3) is 0.833. The van der Waals surface area contributed by atoms with Crippen molar-refractivity contribution in [2.45, 2.75) is 19.3 Å². The molecular formula is C12H22ClN3O2. The zero-order valence-electron chi connectivity index (χ0n) is 10.9. The van der Waals surface area contributed by atoms with Crippen LogP contribution in [0.5, 0.6) is 0 Å². The van der Waals surface area contributed by atoms with E-state index in [-0.39, 0.29) is 36.7 Å². The third-order valence-corrected chi connectivity index (χ3v) is 3.67. The van der Waals surface area contributed by atoms with E-state index in [1.807, 2.05) is 4.90 Å². The van der Waals surface area contributed by atoms with Crippen LogP contribution in [0.1, 0.15) is 19.3 Å². The topological polar surface area (TPSA) is 52.7 Å². The fourth-order valence-electron chi connectivity index (χ4n) is 2.26. The number of nitrogens with one attached hydrogen (secondary N) is 1. The molecule has 1 aliphatic carbocycles. The van der Waals surface area contributed by atoms with Gasteiger partial charge in [-0.05, 0) is 12.8 Å². The van der Waals surface area contributed by atoms with Crippen LogP contribution in [0.25, 0.3) is 0 Å². The Labute approximate surface area is 114 Å². The number of halogens is 1. The highest BCUT2D eigenvalue weighted by Gasteiger charge is 2.29. The lowest BCUT2D eigenvalue weighted by Gasteiger charge is -2.32. The van der Waals surface area contributed by atoms with E-state index in [0.717, 1.165) is 45.4 Å². The van der Waals surface area contributed by atoms with Gasteiger partial charge in [0.05, 0.1) is 6.54 Å². The summed E-state index contributed by atoms with van der Waals surface area (Å²) in [5.41, 5.74) is 0. The third-order valence-electron chi connectivity index (χ3n) is 3.67. The van der Waals surface area contributed by atoms with Crippen molar-refractivity contribution in [2.24, 2.45) is 5.92 Å². The predicted octanol–water partition coefficient (Wildman–Crippen LogP) is 0.0985. The van der Waals surface area contributed by atoms with E-state index < -0.39 is 0 Å². The van der Waals surface area contributed by atoms with Gasteiger partial charge in [-0.2, -0.15) is 0 Å². The predicted molar refractivity (Wildman–Crippen MR) is 71.7 cm³/mol. The minimum absolute atomic E-state index is 0. The number of nitrogens with zero attached hydrogens (tertiary/aromatic N) is 2. The maximum Gasteiger partial charge on any atom is 0.242 e. The summed E-state index contributed by atoms with van der Waals surface area (Å²) in [5, 5.41) is 3.21. The van der Waals surface area contributed by atoms with Crippen LogP contribution in [0.15, 0.2) is 0 Å². The van der Waals surface area contributed by atoms with Crippen LogP contribution < -0.4 is 5.32 Å². The van der Waals surface area contributed by atoms with Gasteiger partial charge in [-0.15, -0.1) is 12.4 Å². The molecule has 0 radical (unpaired) electrons. The smallest absolute Gasteiger partial charge is 0.242 e. The van der Waals surface area contributed by atoms with Gasteiger partial charge in [0.15, 0.2) is 0 Å². The molecule has 6 heteroatoms. The Kier molecular flexibility index (Phi) is 5.88. The summed E-state index contributed by atoms with van der Waals surface area (Å²) in [6.07, 6.45) is 3.13. The highest BCUT2D eigenvalue weighted by Crippen LogP contribution is 2.27. The van der Waals surface area contributed by atoms with Gasteiger partial charge in [-0.1, -0.05) is 6.42 Å². The summed E-state index contributed by atoms with van der Waals surface area (Å²) in [7, 11) is 1.74. The Balaban J connectivity index is 0.00000162. The van der Waals surface area contributed by atoms with Crippen LogP contribution in [0.2, 0.25) is 0 Å². The number of rotatable bonds is 3. The third kappa shape index (κ3) is 3.59. The first kappa shape index (κ1) is 15.2. The number of hydrogen-bond donors (Lipinski definition) is 1. The molecule has 0 aromatic heterocycles. The van der Waals surface area contributed by atoms with Crippen molar-refractivity contribution in [3.63, 3.8) is 0 Å². The SMILES string of the molecule is CN(CC(=O)N1CCNCC1)C(=O)C1CCC1.Cl. The van der Waals surface area contributed by atoms with E-state index in [1.165, 1.54) is 0 Å². The van der Waals surface area contributed by atoms with Gasteiger partial charge in [-0.25, -0.2) is 0 Å². The highest BCUT2D eigenvalue weighted by atomic mass is 35.5. The summed E-state index contributed by atoms with van der Waals surface area (Å²) < 4.78 is 0. The molecule has 1 heterocycles. The van der Waals surface area contributed by atoms with E-state index in [0.29, 0.717) is 0 Å². The van der Waals surface area contributed by atoms with E-state index >= 15 is 0 Å². The van der Waals surface area contributed by atoms with Gasteiger partial charge in [0.2, 0.25) is 11.8 Å². The molecule has 2 amide bonds. The van der Waals surface area contributed by atoms with E-state index in [2.05, 4.69) is 5.32 Å². The van der Waals surface area contributed by atoms with Crippen molar-refractivity contribution < 1.29 is 9.59 Å². The molecule has 1 aliphatic heterocycles. The second-order valence-electron chi connectivity index (χ2n) is 4.95. The molecule has 0 bridgehead atoms. The van der Waals surface area contributed by atoms with E-state index in [9.17, 15) is 9.59 Å². The van der Waals surface area contributed by atoms with E-state index in [4.69, 9.17) is 0 Å². The molecule has 18 heavy (non-hydrogen) atoms. The van der Waals surface area contributed by atoms with Crippen molar-refractivity contribution >= 4 is 24.2 Å². The van der Waals surface area contributed by atoms with Gasteiger partial charge in [-0.3, -0.25) is 9.59 Å². The molecule has 1 saturated carbocycles. The molecule has 104 valence electrons. The number of piperazine rings is 1. The van der Waals surface area contributed by atoms with Crippen LogP contribution in [-0.2, 0) is 9.59 Å². The standard InChI is InChI=1S/C12H21N3O2.ClH/c1-14(12(17)10-3-2-4-10)9-11(16)15-7-5-13-6-8-15;/h10,13H,2-9H2,1H3;1H. The molecule has 0 aromatic rings. The van der Waals surface area contributed by atoms with Gasteiger partial charge in [0.1, 0.15) is 0 Å². The van der Waals surface area contributed by atoms with Crippen LogP contribution >= 0.6 is 12.4 Å². The first-order valence-electron chi connectivity index (χ1n) is 6.42. The summed E-state index contributed by atoms with van der Waals surface area (Å²) in [4.78, 5) is 27.3. The first-order valence-corrected chi connectivity index (χ1v) is 6.42. The van der Waals surface area contributed by atoms with E-state index in [1.54, 1.807) is 11.9 Å². The number of carbonyl (C=O) groups excluding carboxylic acids is 2. The Morgan fingerprint density at radius 3 is 2.39 bits per heavy atom. The average molecular weight is 276 g/mol. The minimum atomic E-state index is 0. The van der Waals surface area contributed by atoms with Crippen molar-refractivity contribution in [2.75, 3.05) is 39.8 Å². The normalized spacial score (nSPS) is 19.7. The zero-order chi connectivity index (χ0) is 12.3. The van der Waals surface area contributed by atoms with Crippen LogP contribution in [-0.4, -0.2) is 61.4 Å². The number of amides is 2. The Morgan fingerprint density at radius 2 is 1.89 bits per heavy atom. The Bertz CT molecular complexity index is 302. The lowest BCUT2D eigenvalue weighted by atomic mass is 9.84. The largest absolute Gasteiger partial charge is 0.339 e. The maximum atomic E-state index is 11.9. The summed E-state index contributed by atoms with van der Waals surface area (Å²) in [6.45, 7) is 3.45. The minimum Gasteiger partial charge on any atom is -0.339 e. The Hall–Kier alpha value is -0.810. The summed E-state index contributed by atoms with van der Waals surface area (Å²) in [6, 6.07) is 0. The second kappa shape index (κ2) is 6.95. The molecule has 2 rings (SSSR count). The quantitative estimate of drug-likeness (QED) is 0.795. The van der Waals surface area contributed by atoms with Crippen LogP contribution in [0, 0.1) is 5.92 Å². The average Bonchev–Trinajstić information content (AvgIpc) is 2.27. The highest BCUT2D eigenvalue weighted by molar-refractivity contribution is 5.86. The molecule has 1 N–H and O–H groups in total. The first-order chi connectivity index (χ1) is 8.18. The summed E-state index contributed by atoms with van der Waals surface area (Å²) in [5.74, 6) is 0.386. The molecular weight excluding hydrogens is 254 g/mol. The van der Waals surface area contributed by atoms with Crippen LogP contribution in [0.3, 0.4) is 0 Å². The van der Waals surface area contributed by atoms with Crippen LogP contribution in [0.4, 0.5) is 0 Å². The lowest BCUT2D eigenvalue weighted by Crippen LogP contribution is -2.50. The molecule has 2 aliphatic rings. The van der Waals surface area contributed by atoms with Crippen molar-refractivity contribution in [1.29, 1.82) is 0 Å². The van der Waals surface area contributed by atoms with Gasteiger partial charge >= 0.3 is 0 Å². The van der Waals surface area contributed by atoms with Gasteiger partial charge in [0.25, 0.3) is 0 Å². The fourth-order valence-corrected chi connectivity index (χ4v) is 2.26. The molecule has 0 unspecified atom stereocenters. The monoisotopic (exact) mass is 275 g/mol. The molecule has 0 aromatic carbocycles. The van der Waals surface area contributed by atoms with Crippen molar-refractivity contribution in [3.8, 4) is 0 Å². The lowest BCUT2D eigenvalue weighted by molar-refractivity contribution is -0.143. The van der Waals surface area contributed by atoms with Gasteiger partial charge < -0.3 is 15.1 Å². The second-order valence-corrected chi connectivity index (χ2v) is 4.95. The zero-order valence-corrected chi connectivity index (χ0v) is 11.7. The molecule has 0 atom stereocenters. The van der Waals surface area contributed by atoms with Gasteiger partial charge in [0, 0.05) is 39.1 Å². The Morgan fingerprint density at radius 1 is 1.28 bits per heavy atom. The maximum absolute atomic E-state index is 11.9. The molecule has 2 fully saturated rings. The molecule has 5 nitrogen and oxygen atoms in total.